The Morgan fingerprint density at radius 2 is 2.07 bits per heavy atom. The predicted molar refractivity (Wildman–Crippen MR) is 55.6 cm³/mol. The van der Waals surface area contributed by atoms with Crippen molar-refractivity contribution >= 4 is 11.9 Å². The van der Waals surface area contributed by atoms with Crippen LogP contribution in [-0.2, 0) is 0 Å². The highest BCUT2D eigenvalue weighted by atomic mass is 16.4. The van der Waals surface area contributed by atoms with Gasteiger partial charge in [0.05, 0.1) is 0 Å². The van der Waals surface area contributed by atoms with Gasteiger partial charge in [-0.25, -0.2) is 9.79 Å². The molecule has 1 saturated heterocycles. The fraction of sp³-hybridized carbons (Fsp3) is 0.778. The van der Waals surface area contributed by atoms with E-state index in [1.54, 1.807) is 0 Å². The van der Waals surface area contributed by atoms with Crippen LogP contribution in [0, 0.1) is 5.41 Å². The van der Waals surface area contributed by atoms with Crippen LogP contribution in [0.5, 0.6) is 0 Å². The standard InChI is InChI=1S/C9H17N3O3/c1-9(7(10)11-6-13)2-4-12(5-3-9)8(14)15/h13H,2-6H2,1H3,(H2,10,11)(H,14,15). The first-order chi connectivity index (χ1) is 6.99. The molecule has 0 unspecified atom stereocenters. The van der Waals surface area contributed by atoms with Gasteiger partial charge in [0.25, 0.3) is 0 Å². The second kappa shape index (κ2) is 4.48. The molecule has 0 spiro atoms. The molecule has 1 amide bonds. The van der Waals surface area contributed by atoms with Crippen LogP contribution in [0.3, 0.4) is 0 Å². The van der Waals surface area contributed by atoms with Crippen molar-refractivity contribution in [3.63, 3.8) is 0 Å². The number of rotatable bonds is 2. The summed E-state index contributed by atoms with van der Waals surface area (Å²) in [6.45, 7) is 2.56. The number of likely N-dealkylation sites (tertiary alicyclic amines) is 1. The summed E-state index contributed by atoms with van der Waals surface area (Å²) < 4.78 is 0. The van der Waals surface area contributed by atoms with Crippen LogP contribution >= 0.6 is 0 Å². The molecule has 0 bridgehead atoms. The average molecular weight is 215 g/mol. The highest BCUT2D eigenvalue weighted by Gasteiger charge is 2.34. The van der Waals surface area contributed by atoms with Crippen LogP contribution in [-0.4, -0.2) is 46.9 Å². The molecule has 0 aliphatic carbocycles. The highest BCUT2D eigenvalue weighted by Crippen LogP contribution is 2.30. The molecule has 1 heterocycles. The lowest BCUT2D eigenvalue weighted by atomic mass is 9.79. The van der Waals surface area contributed by atoms with Gasteiger partial charge in [0.1, 0.15) is 12.6 Å². The number of hydrogen-bond acceptors (Lipinski definition) is 3. The van der Waals surface area contributed by atoms with E-state index in [9.17, 15) is 4.79 Å². The normalized spacial score (nSPS) is 21.5. The zero-order valence-corrected chi connectivity index (χ0v) is 8.81. The molecule has 15 heavy (non-hydrogen) atoms. The minimum atomic E-state index is -0.894. The molecule has 0 radical (unpaired) electrons. The van der Waals surface area contributed by atoms with Gasteiger partial charge in [-0.3, -0.25) is 0 Å². The second-order valence-corrected chi connectivity index (χ2v) is 4.02. The van der Waals surface area contributed by atoms with Crippen molar-refractivity contribution in [2.24, 2.45) is 16.1 Å². The molecular weight excluding hydrogens is 198 g/mol. The molecule has 1 aliphatic rings. The Labute approximate surface area is 88.4 Å². The van der Waals surface area contributed by atoms with Crippen molar-refractivity contribution in [2.75, 3.05) is 19.8 Å². The van der Waals surface area contributed by atoms with Gasteiger partial charge in [-0.2, -0.15) is 0 Å². The minimum absolute atomic E-state index is 0.283. The first-order valence-corrected chi connectivity index (χ1v) is 4.89. The first-order valence-electron chi connectivity index (χ1n) is 4.89. The summed E-state index contributed by atoms with van der Waals surface area (Å²) >= 11 is 0. The Balaban J connectivity index is 2.62. The number of piperidine rings is 1. The fourth-order valence-electron chi connectivity index (χ4n) is 1.71. The third-order valence-electron chi connectivity index (χ3n) is 3.00. The SMILES string of the molecule is CC1(C(N)=NCO)CCN(C(=O)O)CC1. The molecule has 0 aromatic carbocycles. The van der Waals surface area contributed by atoms with Gasteiger partial charge >= 0.3 is 6.09 Å². The zero-order chi connectivity index (χ0) is 11.5. The lowest BCUT2D eigenvalue weighted by Gasteiger charge is -2.37. The molecule has 6 heteroatoms. The Hall–Kier alpha value is -1.30. The summed E-state index contributed by atoms with van der Waals surface area (Å²) in [5, 5.41) is 17.4. The molecule has 0 atom stereocenters. The molecular formula is C9H17N3O3. The van der Waals surface area contributed by atoms with E-state index in [1.807, 2.05) is 6.92 Å². The smallest absolute Gasteiger partial charge is 0.407 e. The summed E-state index contributed by atoms with van der Waals surface area (Å²) in [5.41, 5.74) is 5.46. The van der Waals surface area contributed by atoms with Crippen LogP contribution in [0.2, 0.25) is 0 Å². The van der Waals surface area contributed by atoms with Gasteiger partial charge in [0.15, 0.2) is 0 Å². The van der Waals surface area contributed by atoms with Crippen LogP contribution in [0.1, 0.15) is 19.8 Å². The van der Waals surface area contributed by atoms with E-state index in [0.717, 1.165) is 0 Å². The second-order valence-electron chi connectivity index (χ2n) is 4.02. The van der Waals surface area contributed by atoms with Crippen molar-refractivity contribution in [1.82, 2.24) is 4.90 Å². The molecule has 86 valence electrons. The molecule has 0 aromatic rings. The van der Waals surface area contributed by atoms with E-state index in [-0.39, 0.29) is 12.1 Å². The topological polar surface area (TPSA) is 99.2 Å². The van der Waals surface area contributed by atoms with E-state index >= 15 is 0 Å². The monoisotopic (exact) mass is 215 g/mol. The number of aliphatic hydroxyl groups is 1. The highest BCUT2D eigenvalue weighted by molar-refractivity contribution is 5.86. The average Bonchev–Trinajstić information content (AvgIpc) is 2.18. The lowest BCUT2D eigenvalue weighted by molar-refractivity contribution is 0.117. The largest absolute Gasteiger partial charge is 0.465 e. The Bertz CT molecular complexity index is 270. The van der Waals surface area contributed by atoms with Crippen LogP contribution < -0.4 is 5.73 Å². The van der Waals surface area contributed by atoms with Crippen LogP contribution in [0.15, 0.2) is 4.99 Å². The van der Waals surface area contributed by atoms with Crippen molar-refractivity contribution in [3.8, 4) is 0 Å². The number of hydrogen-bond donors (Lipinski definition) is 3. The van der Waals surface area contributed by atoms with Crippen LogP contribution in [0.25, 0.3) is 0 Å². The molecule has 1 rings (SSSR count). The maximum absolute atomic E-state index is 10.7. The van der Waals surface area contributed by atoms with Gasteiger partial charge in [0.2, 0.25) is 0 Å². The van der Waals surface area contributed by atoms with Crippen molar-refractivity contribution in [1.29, 1.82) is 0 Å². The lowest BCUT2D eigenvalue weighted by Crippen LogP contribution is -2.47. The molecule has 6 nitrogen and oxygen atoms in total. The van der Waals surface area contributed by atoms with E-state index in [4.69, 9.17) is 15.9 Å². The number of carboxylic acid groups (broad SMARTS) is 1. The maximum Gasteiger partial charge on any atom is 0.407 e. The summed E-state index contributed by atoms with van der Waals surface area (Å²) in [4.78, 5) is 15.8. The molecule has 0 aromatic heterocycles. The van der Waals surface area contributed by atoms with Crippen molar-refractivity contribution in [3.05, 3.63) is 0 Å². The summed E-state index contributed by atoms with van der Waals surface area (Å²) in [5.74, 6) is 0.412. The summed E-state index contributed by atoms with van der Waals surface area (Å²) in [6.07, 6.45) is 0.401. The number of nitrogens with two attached hydrogens (primary N) is 1. The van der Waals surface area contributed by atoms with Gasteiger partial charge in [-0.15, -0.1) is 0 Å². The third-order valence-corrected chi connectivity index (χ3v) is 3.00. The number of amides is 1. The van der Waals surface area contributed by atoms with Crippen molar-refractivity contribution < 1.29 is 15.0 Å². The first kappa shape index (κ1) is 11.8. The number of aliphatic imine (C=N–C) groups is 1. The quantitative estimate of drug-likeness (QED) is 0.448. The van der Waals surface area contributed by atoms with Crippen molar-refractivity contribution in [2.45, 2.75) is 19.8 Å². The zero-order valence-electron chi connectivity index (χ0n) is 8.81. The molecule has 4 N–H and O–H groups in total. The summed E-state index contributed by atoms with van der Waals surface area (Å²) in [6, 6.07) is 0. The van der Waals surface area contributed by atoms with Gasteiger partial charge in [-0.05, 0) is 12.8 Å². The van der Waals surface area contributed by atoms with E-state index in [1.165, 1.54) is 4.90 Å². The molecule has 0 saturated carbocycles. The van der Waals surface area contributed by atoms with Gasteiger partial charge in [-0.1, -0.05) is 6.92 Å². The third kappa shape index (κ3) is 2.59. The van der Waals surface area contributed by atoms with Gasteiger partial charge < -0.3 is 20.8 Å². The van der Waals surface area contributed by atoms with Crippen LogP contribution in [0.4, 0.5) is 4.79 Å². The number of amidine groups is 1. The van der Waals surface area contributed by atoms with E-state index < -0.39 is 6.09 Å². The maximum atomic E-state index is 10.7. The minimum Gasteiger partial charge on any atom is -0.465 e. The number of aliphatic hydroxyl groups excluding tert-OH is 1. The summed E-state index contributed by atoms with van der Waals surface area (Å²) in [7, 11) is 0. The Kier molecular flexibility index (Phi) is 3.52. The van der Waals surface area contributed by atoms with Gasteiger partial charge in [0, 0.05) is 18.5 Å². The Morgan fingerprint density at radius 3 is 2.47 bits per heavy atom. The molecule has 1 aliphatic heterocycles. The molecule has 1 fully saturated rings. The number of carbonyl (C=O) groups is 1. The predicted octanol–water partition coefficient (Wildman–Crippen LogP) is 0.0735. The number of nitrogens with zero attached hydrogens (tertiary/aromatic N) is 2. The van der Waals surface area contributed by atoms with E-state index in [0.29, 0.717) is 31.8 Å². The van der Waals surface area contributed by atoms with E-state index in [2.05, 4.69) is 4.99 Å². The fourth-order valence-corrected chi connectivity index (χ4v) is 1.71. The Morgan fingerprint density at radius 1 is 1.53 bits per heavy atom.